The van der Waals surface area contributed by atoms with E-state index in [0.717, 1.165) is 0 Å². The van der Waals surface area contributed by atoms with E-state index >= 15 is 0 Å². The van der Waals surface area contributed by atoms with Gasteiger partial charge >= 0.3 is 0 Å². The summed E-state index contributed by atoms with van der Waals surface area (Å²) in [6.45, 7) is 6.23. The van der Waals surface area contributed by atoms with Crippen LogP contribution in [0.3, 0.4) is 0 Å². The van der Waals surface area contributed by atoms with Gasteiger partial charge in [-0.25, -0.2) is 0 Å². The molecule has 2 amide bonds. The molecule has 3 N–H and O–H groups in total. The molecule has 2 aliphatic rings. The highest BCUT2D eigenvalue weighted by atomic mass is 16.5. The van der Waals surface area contributed by atoms with E-state index in [-0.39, 0.29) is 31.2 Å². The van der Waals surface area contributed by atoms with Crippen LogP contribution in [0.1, 0.15) is 49.0 Å². The molecule has 1 aliphatic carbocycles. The van der Waals surface area contributed by atoms with E-state index in [9.17, 15) is 24.6 Å². The molecule has 10 heteroatoms. The topological polar surface area (TPSA) is 135 Å². The SMILES string of the molecule is CCOCC(=O)N(CCC(C)C)C1C=C(C(=O)NCCO)C2c3cc(C=O)cc(OC)c3OC2C1O. The molecule has 0 aromatic heterocycles. The van der Waals surface area contributed by atoms with Crippen LogP contribution < -0.4 is 14.8 Å². The number of methoxy groups -OCH3 is 1. The average molecular weight is 505 g/mol. The summed E-state index contributed by atoms with van der Waals surface area (Å²) in [5, 5.41) is 23.4. The van der Waals surface area contributed by atoms with Crippen LogP contribution in [0, 0.1) is 5.92 Å². The predicted octanol–water partition coefficient (Wildman–Crippen LogP) is 1.04. The number of carbonyl (C=O) groups excluding carboxylic acids is 3. The fraction of sp³-hybridized carbons (Fsp3) is 0.577. The number of aliphatic hydroxyl groups excluding tert-OH is 2. The number of ether oxygens (including phenoxy) is 3. The Hall–Kier alpha value is -2.95. The molecular weight excluding hydrogens is 468 g/mol. The molecule has 0 saturated heterocycles. The van der Waals surface area contributed by atoms with Crippen LogP contribution in [-0.4, -0.2) is 91.5 Å². The van der Waals surface area contributed by atoms with Crippen molar-refractivity contribution >= 4 is 18.1 Å². The van der Waals surface area contributed by atoms with Crippen LogP contribution in [-0.2, 0) is 14.3 Å². The minimum Gasteiger partial charge on any atom is -0.493 e. The molecule has 1 aliphatic heterocycles. The molecule has 4 unspecified atom stereocenters. The normalized spacial score (nSPS) is 22.2. The molecule has 36 heavy (non-hydrogen) atoms. The summed E-state index contributed by atoms with van der Waals surface area (Å²) in [5.41, 5.74) is 1.16. The van der Waals surface area contributed by atoms with Crippen LogP contribution in [0.5, 0.6) is 11.5 Å². The van der Waals surface area contributed by atoms with Gasteiger partial charge in [0.15, 0.2) is 11.5 Å². The van der Waals surface area contributed by atoms with Gasteiger partial charge in [0.05, 0.1) is 25.7 Å². The number of aliphatic hydroxyl groups is 2. The number of carbonyl (C=O) groups is 3. The van der Waals surface area contributed by atoms with Crippen LogP contribution >= 0.6 is 0 Å². The van der Waals surface area contributed by atoms with E-state index < -0.39 is 30.1 Å². The van der Waals surface area contributed by atoms with E-state index in [1.54, 1.807) is 19.1 Å². The van der Waals surface area contributed by atoms with E-state index in [1.807, 2.05) is 13.8 Å². The Morgan fingerprint density at radius 2 is 2.06 bits per heavy atom. The molecular formula is C26H36N2O8. The Kier molecular flexibility index (Phi) is 9.47. The van der Waals surface area contributed by atoms with Gasteiger partial charge in [-0.15, -0.1) is 0 Å². The molecule has 0 spiro atoms. The van der Waals surface area contributed by atoms with Crippen molar-refractivity contribution in [3.05, 3.63) is 34.9 Å². The van der Waals surface area contributed by atoms with Crippen molar-refractivity contribution in [2.45, 2.75) is 51.4 Å². The van der Waals surface area contributed by atoms with Gasteiger partial charge in [0.25, 0.3) is 0 Å². The molecule has 4 atom stereocenters. The molecule has 0 saturated carbocycles. The third kappa shape index (κ3) is 5.71. The fourth-order valence-electron chi connectivity index (χ4n) is 4.67. The molecule has 0 fully saturated rings. The first kappa shape index (κ1) is 27.6. The molecule has 1 heterocycles. The van der Waals surface area contributed by atoms with E-state index in [0.29, 0.717) is 54.4 Å². The lowest BCUT2D eigenvalue weighted by Gasteiger charge is -2.41. The molecule has 0 bridgehead atoms. The first-order chi connectivity index (χ1) is 17.3. The number of aldehydes is 1. The van der Waals surface area contributed by atoms with Crippen molar-refractivity contribution in [2.24, 2.45) is 5.92 Å². The third-order valence-electron chi connectivity index (χ3n) is 6.47. The summed E-state index contributed by atoms with van der Waals surface area (Å²) in [6, 6.07) is 2.30. The molecule has 0 radical (unpaired) electrons. The Balaban J connectivity index is 2.10. The number of nitrogens with zero attached hydrogens (tertiary/aromatic N) is 1. The zero-order valence-electron chi connectivity index (χ0n) is 21.2. The summed E-state index contributed by atoms with van der Waals surface area (Å²) in [7, 11) is 1.44. The number of fused-ring (bicyclic) bond motifs is 3. The number of hydrogen-bond acceptors (Lipinski definition) is 8. The number of amides is 2. The van der Waals surface area contributed by atoms with Crippen LogP contribution in [0.25, 0.3) is 0 Å². The summed E-state index contributed by atoms with van der Waals surface area (Å²) in [5.74, 6) is -0.505. The summed E-state index contributed by atoms with van der Waals surface area (Å²) >= 11 is 0. The van der Waals surface area contributed by atoms with Crippen molar-refractivity contribution in [2.75, 3.05) is 40.0 Å². The maximum Gasteiger partial charge on any atom is 0.249 e. The van der Waals surface area contributed by atoms with Gasteiger partial charge in [-0.1, -0.05) is 13.8 Å². The second kappa shape index (κ2) is 12.3. The van der Waals surface area contributed by atoms with Gasteiger partial charge in [0, 0.05) is 36.4 Å². The van der Waals surface area contributed by atoms with Gasteiger partial charge in [0.1, 0.15) is 25.1 Å². The third-order valence-corrected chi connectivity index (χ3v) is 6.47. The van der Waals surface area contributed by atoms with E-state index in [2.05, 4.69) is 5.32 Å². The molecule has 1 aromatic carbocycles. The quantitative estimate of drug-likeness (QED) is 0.360. The van der Waals surface area contributed by atoms with Gasteiger partial charge in [0.2, 0.25) is 11.8 Å². The Morgan fingerprint density at radius 1 is 1.31 bits per heavy atom. The number of benzene rings is 1. The highest BCUT2D eigenvalue weighted by molar-refractivity contribution is 5.96. The minimum atomic E-state index is -1.17. The van der Waals surface area contributed by atoms with Crippen LogP contribution in [0.15, 0.2) is 23.8 Å². The van der Waals surface area contributed by atoms with Gasteiger partial charge < -0.3 is 34.6 Å². The van der Waals surface area contributed by atoms with Crippen molar-refractivity contribution in [3.8, 4) is 11.5 Å². The lowest BCUT2D eigenvalue weighted by Crippen LogP contribution is -2.56. The standard InChI is InChI=1S/C26H36N2O8/c1-5-35-14-21(31)28(8-6-15(2)3)19-12-18(26(33)27-7-9-29)22-17-10-16(13-30)11-20(34-4)24(17)36-25(22)23(19)32/h10-13,15,19,22-23,25,29,32H,5-9,14H2,1-4H3,(H,27,33). The van der Waals surface area contributed by atoms with E-state index in [4.69, 9.17) is 14.2 Å². The average Bonchev–Trinajstić information content (AvgIpc) is 3.26. The highest BCUT2D eigenvalue weighted by Gasteiger charge is 2.51. The number of hydrogen-bond donors (Lipinski definition) is 3. The van der Waals surface area contributed by atoms with Crippen molar-refractivity contribution in [1.29, 1.82) is 0 Å². The molecule has 10 nitrogen and oxygen atoms in total. The van der Waals surface area contributed by atoms with E-state index in [1.165, 1.54) is 18.1 Å². The van der Waals surface area contributed by atoms with Gasteiger partial charge in [-0.2, -0.15) is 0 Å². The van der Waals surface area contributed by atoms with Crippen LogP contribution in [0.4, 0.5) is 0 Å². The van der Waals surface area contributed by atoms with Gasteiger partial charge in [-0.05, 0) is 37.5 Å². The fourth-order valence-corrected chi connectivity index (χ4v) is 4.67. The zero-order chi connectivity index (χ0) is 26.4. The van der Waals surface area contributed by atoms with Crippen molar-refractivity contribution in [3.63, 3.8) is 0 Å². The van der Waals surface area contributed by atoms with Crippen molar-refractivity contribution < 1.29 is 38.8 Å². The Morgan fingerprint density at radius 3 is 2.67 bits per heavy atom. The second-order valence-corrected chi connectivity index (χ2v) is 9.31. The van der Waals surface area contributed by atoms with Gasteiger partial charge in [-0.3, -0.25) is 14.4 Å². The molecule has 198 valence electrons. The monoisotopic (exact) mass is 504 g/mol. The minimum absolute atomic E-state index is 0.0343. The predicted molar refractivity (Wildman–Crippen MR) is 131 cm³/mol. The van der Waals surface area contributed by atoms with Crippen molar-refractivity contribution in [1.82, 2.24) is 10.2 Å². The molecule has 1 aromatic rings. The zero-order valence-corrected chi connectivity index (χ0v) is 21.2. The second-order valence-electron chi connectivity index (χ2n) is 9.31. The smallest absolute Gasteiger partial charge is 0.249 e. The Labute approximate surface area is 211 Å². The first-order valence-corrected chi connectivity index (χ1v) is 12.3. The summed E-state index contributed by atoms with van der Waals surface area (Å²) < 4.78 is 16.9. The first-order valence-electron chi connectivity index (χ1n) is 12.3. The maximum atomic E-state index is 13.2. The number of rotatable bonds is 12. The summed E-state index contributed by atoms with van der Waals surface area (Å²) in [4.78, 5) is 39.5. The Bertz CT molecular complexity index is 992. The largest absolute Gasteiger partial charge is 0.493 e. The molecule has 3 rings (SSSR count). The number of nitrogens with one attached hydrogen (secondary N) is 1. The maximum absolute atomic E-state index is 13.2. The lowest BCUT2D eigenvalue weighted by atomic mass is 9.77. The summed E-state index contributed by atoms with van der Waals surface area (Å²) in [6.07, 6.45) is 0.891. The van der Waals surface area contributed by atoms with Crippen LogP contribution in [0.2, 0.25) is 0 Å². The highest BCUT2D eigenvalue weighted by Crippen LogP contribution is 2.51. The lowest BCUT2D eigenvalue weighted by molar-refractivity contribution is -0.142.